The van der Waals surface area contributed by atoms with Crippen molar-refractivity contribution in [1.82, 2.24) is 20.5 Å². The van der Waals surface area contributed by atoms with E-state index in [4.69, 9.17) is 0 Å². The maximum atomic E-state index is 15.5. The summed E-state index contributed by atoms with van der Waals surface area (Å²) < 4.78 is 13.5. The molecule has 11 heteroatoms. The van der Waals surface area contributed by atoms with Gasteiger partial charge in [-0.3, -0.25) is 14.4 Å². The molecule has 8 nitrogen and oxygen atoms in total. The van der Waals surface area contributed by atoms with Crippen LogP contribution in [0.25, 0.3) is 10.4 Å². The Kier molecular flexibility index (Phi) is 11.2. The molecule has 56 heavy (non-hydrogen) atoms. The number of alkyl halides is 1. The zero-order valence-corrected chi connectivity index (χ0v) is 33.6. The molecule has 2 aliphatic rings. The number of aliphatic hydroxyl groups is 1. The number of thiazole rings is 1. The van der Waals surface area contributed by atoms with Gasteiger partial charge < -0.3 is 20.6 Å². The van der Waals surface area contributed by atoms with Crippen molar-refractivity contribution in [2.75, 3.05) is 6.54 Å². The molecule has 0 radical (unpaired) electrons. The lowest BCUT2D eigenvalue weighted by atomic mass is 9.84. The molecule has 1 unspecified atom stereocenters. The third-order valence-corrected chi connectivity index (χ3v) is 13.7. The Bertz CT molecular complexity index is 2100. The average molecular weight is 791 g/mol. The van der Waals surface area contributed by atoms with Crippen molar-refractivity contribution in [3.8, 4) is 10.4 Å². The minimum Gasteiger partial charge on any atom is -0.391 e. The first-order chi connectivity index (χ1) is 26.8. The number of aliphatic hydroxyl groups excluding tert-OH is 1. The van der Waals surface area contributed by atoms with Gasteiger partial charge in [-0.1, -0.05) is 109 Å². The molecule has 5 aromatic rings. The molecule has 0 spiro atoms. The van der Waals surface area contributed by atoms with E-state index in [-0.39, 0.29) is 32.4 Å². The number of amides is 3. The summed E-state index contributed by atoms with van der Waals surface area (Å²) in [6, 6.07) is 33.8. The number of β-amino-alcohol motifs (C(OH)–C–C–N with tert-alkyl or cyclic N) is 1. The summed E-state index contributed by atoms with van der Waals surface area (Å²) in [5.41, 5.74) is 6.56. The van der Waals surface area contributed by atoms with E-state index < -0.39 is 51.1 Å². The fourth-order valence-corrected chi connectivity index (χ4v) is 10.3. The highest BCUT2D eigenvalue weighted by atomic mass is 32.2. The number of likely N-dealkylation sites (tertiary alicyclic amines) is 1. The van der Waals surface area contributed by atoms with E-state index in [2.05, 4.69) is 21.7 Å². The van der Waals surface area contributed by atoms with Gasteiger partial charge in [-0.05, 0) is 73.9 Å². The van der Waals surface area contributed by atoms with Crippen LogP contribution in [0.4, 0.5) is 4.39 Å². The summed E-state index contributed by atoms with van der Waals surface area (Å²) in [7, 11) is 0. The lowest BCUT2D eigenvalue weighted by Crippen LogP contribution is -2.61. The van der Waals surface area contributed by atoms with E-state index in [1.54, 1.807) is 11.3 Å². The lowest BCUT2D eigenvalue weighted by Gasteiger charge is -2.45. The van der Waals surface area contributed by atoms with Gasteiger partial charge in [0.1, 0.15) is 12.1 Å². The number of benzene rings is 4. The molecule has 2 fully saturated rings. The van der Waals surface area contributed by atoms with Gasteiger partial charge in [0.15, 0.2) is 5.67 Å². The van der Waals surface area contributed by atoms with E-state index in [1.807, 2.05) is 136 Å². The Morgan fingerprint density at radius 1 is 0.929 bits per heavy atom. The van der Waals surface area contributed by atoms with Gasteiger partial charge in [0.25, 0.3) is 5.91 Å². The van der Waals surface area contributed by atoms with E-state index in [0.717, 1.165) is 44.0 Å². The SMILES string of the molecule is Cc1cc(-c2scnc2C)ccc1CNC(=O)[C@@H]1C[C@@H](O)CN1C(=O)C(NC(=O)C1(F)CC1)C(C)(C)SC(c1ccccc1)(c1ccccc1)c1ccccc1. The zero-order chi connectivity index (χ0) is 39.7. The molecule has 4 aromatic carbocycles. The van der Waals surface area contributed by atoms with Crippen LogP contribution in [0, 0.1) is 13.8 Å². The van der Waals surface area contributed by atoms with Crippen molar-refractivity contribution in [3.05, 3.63) is 148 Å². The Morgan fingerprint density at radius 3 is 2.00 bits per heavy atom. The van der Waals surface area contributed by atoms with Crippen molar-refractivity contribution < 1.29 is 23.9 Å². The van der Waals surface area contributed by atoms with Crippen LogP contribution in [0.1, 0.15) is 66.6 Å². The van der Waals surface area contributed by atoms with Crippen LogP contribution < -0.4 is 10.6 Å². The maximum Gasteiger partial charge on any atom is 0.258 e. The number of nitrogens with one attached hydrogen (secondary N) is 2. The van der Waals surface area contributed by atoms with Crippen molar-refractivity contribution in [2.24, 2.45) is 0 Å². The van der Waals surface area contributed by atoms with E-state index in [1.165, 1.54) is 16.7 Å². The Balaban J connectivity index is 1.21. The van der Waals surface area contributed by atoms with E-state index in [9.17, 15) is 14.7 Å². The van der Waals surface area contributed by atoms with Crippen LogP contribution in [0.15, 0.2) is 115 Å². The second kappa shape index (κ2) is 16.0. The third kappa shape index (κ3) is 7.90. The van der Waals surface area contributed by atoms with Crippen LogP contribution >= 0.6 is 23.1 Å². The lowest BCUT2D eigenvalue weighted by molar-refractivity contribution is -0.143. The minimum atomic E-state index is -2.05. The quantitative estimate of drug-likeness (QED) is 0.107. The summed E-state index contributed by atoms with van der Waals surface area (Å²) in [5, 5.41) is 16.8. The summed E-state index contributed by atoms with van der Waals surface area (Å²) in [6.45, 7) is 7.84. The predicted octanol–water partition coefficient (Wildman–Crippen LogP) is 7.50. The van der Waals surface area contributed by atoms with E-state index in [0.29, 0.717) is 0 Å². The molecular formula is C45H47FN4O4S2. The Hall–Kier alpha value is -4.84. The molecule has 7 rings (SSSR count). The first-order valence-electron chi connectivity index (χ1n) is 19.0. The number of nitrogens with zero attached hydrogens (tertiary/aromatic N) is 2. The molecule has 1 aliphatic heterocycles. The normalized spacial score (nSPS) is 18.3. The number of carbonyl (C=O) groups excluding carboxylic acids is 3. The highest BCUT2D eigenvalue weighted by Crippen LogP contribution is 2.54. The Labute approximate surface area is 336 Å². The van der Waals surface area contributed by atoms with Crippen molar-refractivity contribution in [3.63, 3.8) is 0 Å². The number of aromatic nitrogens is 1. The van der Waals surface area contributed by atoms with Gasteiger partial charge in [-0.15, -0.1) is 23.1 Å². The number of carbonyl (C=O) groups is 3. The number of rotatable bonds is 13. The minimum absolute atomic E-state index is 0.0312. The molecule has 3 atom stereocenters. The van der Waals surface area contributed by atoms with Crippen LogP contribution in [0.3, 0.4) is 0 Å². The standard InChI is InChI=1S/C45H47FN4O4S2/c1-29-24-31(38-30(2)48-28-55-38)20-21-32(29)26-47-40(52)37-25-36(51)27-50(37)41(53)39(49-42(54)44(46)22-23-44)43(3,4)56-45(33-14-8-5-9-15-33,34-16-10-6-11-17-34)35-18-12-7-13-19-35/h5-21,24,28,36-37,39,51H,22-23,25-27H2,1-4H3,(H,47,52)(H,49,54)/t36-,37+,39?/m1/s1. The highest BCUT2D eigenvalue weighted by molar-refractivity contribution is 8.02. The second-order valence-electron chi connectivity index (χ2n) is 15.4. The molecule has 1 aliphatic carbocycles. The third-order valence-electron chi connectivity index (χ3n) is 10.9. The topological polar surface area (TPSA) is 112 Å². The number of aryl methyl sites for hydroxylation is 2. The van der Waals surface area contributed by atoms with Gasteiger partial charge >= 0.3 is 0 Å². The number of hydrogen-bond donors (Lipinski definition) is 3. The van der Waals surface area contributed by atoms with Gasteiger partial charge in [0.2, 0.25) is 11.8 Å². The Morgan fingerprint density at radius 2 is 1.50 bits per heavy atom. The summed E-state index contributed by atoms with van der Waals surface area (Å²) in [5.74, 6) is -1.81. The fraction of sp³-hybridized carbons (Fsp3) is 0.333. The molecule has 290 valence electrons. The average Bonchev–Trinajstić information content (AvgIpc) is 3.61. The van der Waals surface area contributed by atoms with Crippen LogP contribution in [0.5, 0.6) is 0 Å². The number of hydrogen-bond acceptors (Lipinski definition) is 7. The summed E-state index contributed by atoms with van der Waals surface area (Å²) in [6.07, 6.45) is -0.776. The van der Waals surface area contributed by atoms with E-state index >= 15 is 9.18 Å². The first-order valence-corrected chi connectivity index (χ1v) is 20.6. The molecule has 1 saturated carbocycles. The van der Waals surface area contributed by atoms with Crippen LogP contribution in [0.2, 0.25) is 0 Å². The predicted molar refractivity (Wildman–Crippen MR) is 221 cm³/mol. The van der Waals surface area contributed by atoms with Gasteiger partial charge in [-0.25, -0.2) is 9.37 Å². The highest BCUT2D eigenvalue weighted by Gasteiger charge is 2.55. The second-order valence-corrected chi connectivity index (χ2v) is 18.1. The monoisotopic (exact) mass is 790 g/mol. The van der Waals surface area contributed by atoms with Crippen LogP contribution in [-0.4, -0.2) is 67.9 Å². The van der Waals surface area contributed by atoms with Gasteiger partial charge in [-0.2, -0.15) is 0 Å². The molecule has 0 bridgehead atoms. The maximum absolute atomic E-state index is 15.5. The fourth-order valence-electron chi connectivity index (χ4n) is 7.67. The smallest absolute Gasteiger partial charge is 0.258 e. The molecule has 2 heterocycles. The van der Waals surface area contributed by atoms with Gasteiger partial charge in [0.05, 0.1) is 26.9 Å². The number of halogens is 1. The molecule has 1 saturated heterocycles. The van der Waals surface area contributed by atoms with Crippen LogP contribution in [-0.2, 0) is 25.7 Å². The first kappa shape index (κ1) is 39.4. The zero-order valence-electron chi connectivity index (χ0n) is 32.0. The number of thioether (sulfide) groups is 1. The van der Waals surface area contributed by atoms with Crippen molar-refractivity contribution in [2.45, 2.75) is 86.9 Å². The summed E-state index contributed by atoms with van der Waals surface area (Å²) in [4.78, 5) is 49.4. The molecule has 1 aromatic heterocycles. The van der Waals surface area contributed by atoms with Crippen molar-refractivity contribution in [1.29, 1.82) is 0 Å². The molecule has 3 N–H and O–H groups in total. The summed E-state index contributed by atoms with van der Waals surface area (Å²) >= 11 is 3.07. The largest absolute Gasteiger partial charge is 0.391 e. The molecular weight excluding hydrogens is 744 g/mol. The van der Waals surface area contributed by atoms with Crippen molar-refractivity contribution >= 4 is 40.8 Å². The van der Waals surface area contributed by atoms with Gasteiger partial charge in [0, 0.05) is 24.3 Å². The molecule has 3 amide bonds.